The molecule has 1 unspecified atom stereocenters. The number of aliphatic hydroxyl groups is 3. The van der Waals surface area contributed by atoms with E-state index in [9.17, 15) is 23.7 Å². The quantitative estimate of drug-likeness (QED) is 0.605. The van der Waals surface area contributed by atoms with Crippen molar-refractivity contribution >= 4 is 9.84 Å². The highest BCUT2D eigenvalue weighted by atomic mass is 32.2. The van der Waals surface area contributed by atoms with E-state index < -0.39 is 26.8 Å². The second-order valence-corrected chi connectivity index (χ2v) is 12.6. The van der Waals surface area contributed by atoms with Gasteiger partial charge in [0.15, 0.2) is 9.84 Å². The fraction of sp³-hybridized carbons (Fsp3) is 0.750. The number of sulfone groups is 1. The average Bonchev–Trinajstić information content (AvgIpc) is 3.03. The molecule has 3 N–H and O–H groups in total. The van der Waals surface area contributed by atoms with Gasteiger partial charge in [-0.3, -0.25) is 0 Å². The Morgan fingerprint density at radius 3 is 2.40 bits per heavy atom. The van der Waals surface area contributed by atoms with Gasteiger partial charge in [0.05, 0.1) is 28.0 Å². The summed E-state index contributed by atoms with van der Waals surface area (Å²) in [6, 6.07) is 8.43. The molecular formula is C24H38O5S. The van der Waals surface area contributed by atoms with Gasteiger partial charge in [0.25, 0.3) is 0 Å². The van der Waals surface area contributed by atoms with Crippen molar-refractivity contribution in [3.63, 3.8) is 0 Å². The maximum absolute atomic E-state index is 13.7. The largest absolute Gasteiger partial charge is 0.393 e. The van der Waals surface area contributed by atoms with Crippen molar-refractivity contribution in [3.8, 4) is 0 Å². The molecule has 2 aliphatic carbocycles. The molecule has 0 aliphatic heterocycles. The lowest BCUT2D eigenvalue weighted by Crippen LogP contribution is -2.47. The Bertz CT molecular complexity index is 816. The predicted molar refractivity (Wildman–Crippen MR) is 118 cm³/mol. The van der Waals surface area contributed by atoms with E-state index in [1.165, 1.54) is 13.8 Å². The topological polar surface area (TPSA) is 94.8 Å². The Morgan fingerprint density at radius 1 is 1.17 bits per heavy atom. The van der Waals surface area contributed by atoms with Crippen molar-refractivity contribution in [2.24, 2.45) is 23.2 Å². The van der Waals surface area contributed by atoms with E-state index in [4.69, 9.17) is 0 Å². The fourth-order valence-corrected chi connectivity index (χ4v) is 8.31. The van der Waals surface area contributed by atoms with Crippen LogP contribution >= 0.6 is 0 Å². The summed E-state index contributed by atoms with van der Waals surface area (Å²) < 4.78 is 27.4. The van der Waals surface area contributed by atoms with Crippen LogP contribution in [0.2, 0.25) is 0 Å². The van der Waals surface area contributed by atoms with Gasteiger partial charge in [-0.2, -0.15) is 0 Å². The summed E-state index contributed by atoms with van der Waals surface area (Å²) in [7, 11) is -3.70. The van der Waals surface area contributed by atoms with Crippen LogP contribution in [0.1, 0.15) is 66.2 Å². The minimum atomic E-state index is -3.70. The Labute approximate surface area is 181 Å². The minimum absolute atomic E-state index is 0.0122. The molecule has 1 aromatic carbocycles. The lowest BCUT2D eigenvalue weighted by atomic mass is 9.61. The molecule has 1 aromatic rings. The first-order valence-electron chi connectivity index (χ1n) is 11.3. The zero-order chi connectivity index (χ0) is 22.3. The molecule has 3 rings (SSSR count). The lowest BCUT2D eigenvalue weighted by Gasteiger charge is -2.46. The molecule has 0 amide bonds. The number of hydrogen-bond donors (Lipinski definition) is 3. The zero-order valence-corrected chi connectivity index (χ0v) is 19.5. The molecule has 0 radical (unpaired) electrons. The highest BCUT2D eigenvalue weighted by Crippen LogP contribution is 2.58. The summed E-state index contributed by atoms with van der Waals surface area (Å²) in [5.41, 5.74) is -1.48. The number of aliphatic hydroxyl groups excluding tert-OH is 2. The third-order valence-corrected chi connectivity index (χ3v) is 10.5. The van der Waals surface area contributed by atoms with Crippen LogP contribution in [-0.2, 0) is 9.84 Å². The van der Waals surface area contributed by atoms with Crippen LogP contribution in [0, 0.1) is 23.2 Å². The fourth-order valence-electron chi connectivity index (χ4n) is 6.23. The molecular weight excluding hydrogens is 400 g/mol. The molecule has 2 fully saturated rings. The van der Waals surface area contributed by atoms with Crippen LogP contribution in [0.3, 0.4) is 0 Å². The molecule has 0 saturated heterocycles. The van der Waals surface area contributed by atoms with E-state index in [1.54, 1.807) is 30.3 Å². The number of hydrogen-bond acceptors (Lipinski definition) is 5. The van der Waals surface area contributed by atoms with Crippen molar-refractivity contribution in [2.75, 3.05) is 0 Å². The summed E-state index contributed by atoms with van der Waals surface area (Å²) in [6.45, 7) is 7.23. The van der Waals surface area contributed by atoms with E-state index in [0.29, 0.717) is 0 Å². The van der Waals surface area contributed by atoms with E-state index in [-0.39, 0.29) is 40.6 Å². The molecule has 0 heterocycles. The van der Waals surface area contributed by atoms with Crippen LogP contribution in [0.25, 0.3) is 0 Å². The predicted octanol–water partition coefficient (Wildman–Crippen LogP) is 3.56. The highest BCUT2D eigenvalue weighted by Gasteiger charge is 2.54. The monoisotopic (exact) mass is 438 g/mol. The molecule has 0 bridgehead atoms. The highest BCUT2D eigenvalue weighted by molar-refractivity contribution is 7.92. The molecule has 170 valence electrons. The van der Waals surface area contributed by atoms with E-state index in [1.807, 2.05) is 6.92 Å². The van der Waals surface area contributed by atoms with Gasteiger partial charge >= 0.3 is 0 Å². The molecule has 0 aromatic heterocycles. The van der Waals surface area contributed by atoms with Gasteiger partial charge < -0.3 is 15.3 Å². The summed E-state index contributed by atoms with van der Waals surface area (Å²) >= 11 is 0. The molecule has 7 atom stereocenters. The van der Waals surface area contributed by atoms with E-state index in [2.05, 4.69) is 6.92 Å². The van der Waals surface area contributed by atoms with Gasteiger partial charge in [0, 0.05) is 0 Å². The maximum atomic E-state index is 13.7. The first-order chi connectivity index (χ1) is 13.9. The summed E-state index contributed by atoms with van der Waals surface area (Å²) in [4.78, 5) is 0.258. The standard InChI is InChI=1S/C24H38O5S/c1-16(18-12-13-19-20(25)11-8-14-24(18,19)4)21(15-22(26)23(2,3)27)30(28,29)17-9-6-5-7-10-17/h5-7,9-10,16,18-22,25-27H,8,11-15H2,1-4H3/t16-,18+,19-,20-,21?,22-,24+/m0/s1. The van der Waals surface area contributed by atoms with Crippen molar-refractivity contribution in [1.82, 2.24) is 0 Å². The van der Waals surface area contributed by atoms with Gasteiger partial charge in [-0.1, -0.05) is 38.5 Å². The SMILES string of the molecule is C[C@H](C(C[C@H](O)C(C)(C)O)S(=O)(=O)c1ccccc1)[C@H]1CC[C@H]2[C@@H](O)CCC[C@]12C. The van der Waals surface area contributed by atoms with Crippen LogP contribution in [0.4, 0.5) is 0 Å². The average molecular weight is 439 g/mol. The van der Waals surface area contributed by atoms with Gasteiger partial charge in [-0.05, 0) is 81.3 Å². The van der Waals surface area contributed by atoms with Crippen molar-refractivity contribution < 1.29 is 23.7 Å². The summed E-state index contributed by atoms with van der Waals surface area (Å²) in [5, 5.41) is 30.7. The van der Waals surface area contributed by atoms with Crippen LogP contribution in [0.15, 0.2) is 35.2 Å². The van der Waals surface area contributed by atoms with Crippen LogP contribution < -0.4 is 0 Å². The second kappa shape index (κ2) is 8.53. The second-order valence-electron chi connectivity index (χ2n) is 10.4. The molecule has 0 spiro atoms. The Hall–Kier alpha value is -0.950. The van der Waals surface area contributed by atoms with Crippen molar-refractivity contribution in [1.29, 1.82) is 0 Å². The smallest absolute Gasteiger partial charge is 0.181 e. The normalized spacial score (nSPS) is 33.0. The van der Waals surface area contributed by atoms with Gasteiger partial charge in [0.2, 0.25) is 0 Å². The molecule has 30 heavy (non-hydrogen) atoms. The van der Waals surface area contributed by atoms with Gasteiger partial charge in [0.1, 0.15) is 0 Å². The third kappa shape index (κ3) is 4.34. The van der Waals surface area contributed by atoms with E-state index >= 15 is 0 Å². The summed E-state index contributed by atoms with van der Waals surface area (Å²) in [5.74, 6) is 0.153. The van der Waals surface area contributed by atoms with Crippen LogP contribution in [0.5, 0.6) is 0 Å². The number of rotatable bonds is 7. The number of fused-ring (bicyclic) bond motifs is 1. The minimum Gasteiger partial charge on any atom is -0.393 e. The Balaban J connectivity index is 1.98. The summed E-state index contributed by atoms with van der Waals surface area (Å²) in [6.07, 6.45) is 3.11. The molecule has 5 nitrogen and oxygen atoms in total. The maximum Gasteiger partial charge on any atom is 0.181 e. The molecule has 6 heteroatoms. The first-order valence-corrected chi connectivity index (χ1v) is 12.8. The Morgan fingerprint density at radius 2 is 1.80 bits per heavy atom. The van der Waals surface area contributed by atoms with Crippen molar-refractivity contribution in [2.45, 2.75) is 94.2 Å². The molecule has 2 saturated carbocycles. The lowest BCUT2D eigenvalue weighted by molar-refractivity contribution is -0.0574. The van der Waals surface area contributed by atoms with Crippen molar-refractivity contribution in [3.05, 3.63) is 30.3 Å². The Kier molecular flexibility index (Phi) is 6.74. The van der Waals surface area contributed by atoms with Gasteiger partial charge in [-0.15, -0.1) is 0 Å². The zero-order valence-electron chi connectivity index (χ0n) is 18.7. The third-order valence-electron chi connectivity index (χ3n) is 8.13. The first kappa shape index (κ1) is 23.7. The number of benzene rings is 1. The van der Waals surface area contributed by atoms with Gasteiger partial charge in [-0.25, -0.2) is 8.42 Å². The van der Waals surface area contributed by atoms with E-state index in [0.717, 1.165) is 32.1 Å². The van der Waals surface area contributed by atoms with Crippen LogP contribution in [-0.4, -0.2) is 46.8 Å². The molecule has 2 aliphatic rings.